The quantitative estimate of drug-likeness (QED) is 0.753. The van der Waals surface area contributed by atoms with Crippen LogP contribution in [0, 0.1) is 26.7 Å². The Bertz CT molecular complexity index is 878. The molecule has 30 heavy (non-hydrogen) atoms. The van der Waals surface area contributed by atoms with Crippen molar-refractivity contribution in [2.75, 3.05) is 43.4 Å². The number of aryl methyl sites for hydroxylation is 2. The van der Waals surface area contributed by atoms with E-state index in [1.165, 1.54) is 16.9 Å². The summed E-state index contributed by atoms with van der Waals surface area (Å²) in [5, 5.41) is 7.77. The van der Waals surface area contributed by atoms with Crippen molar-refractivity contribution in [3.8, 4) is 0 Å². The van der Waals surface area contributed by atoms with E-state index in [1.54, 1.807) is 0 Å². The molecule has 3 rings (SSSR count). The summed E-state index contributed by atoms with van der Waals surface area (Å²) < 4.78 is 2.08. The van der Waals surface area contributed by atoms with Gasteiger partial charge in [0.25, 0.3) is 0 Å². The Kier molecular flexibility index (Phi) is 7.19. The Labute approximate surface area is 181 Å². The fourth-order valence-corrected chi connectivity index (χ4v) is 4.12. The van der Waals surface area contributed by atoms with E-state index in [-0.39, 0.29) is 5.91 Å². The second kappa shape index (κ2) is 9.65. The van der Waals surface area contributed by atoms with Crippen LogP contribution in [0.15, 0.2) is 18.2 Å². The van der Waals surface area contributed by atoms with Crippen molar-refractivity contribution in [1.82, 2.24) is 14.7 Å². The first-order valence-electron chi connectivity index (χ1n) is 11.1. The molecule has 0 atom stereocenters. The summed E-state index contributed by atoms with van der Waals surface area (Å²) in [7, 11) is 2.17. The van der Waals surface area contributed by atoms with Gasteiger partial charge in [0, 0.05) is 56.2 Å². The van der Waals surface area contributed by atoms with Crippen LogP contribution in [0.1, 0.15) is 42.8 Å². The lowest BCUT2D eigenvalue weighted by molar-refractivity contribution is -0.116. The minimum atomic E-state index is 0.0563. The highest BCUT2D eigenvalue weighted by Crippen LogP contribution is 2.24. The highest BCUT2D eigenvalue weighted by atomic mass is 16.1. The van der Waals surface area contributed by atoms with Gasteiger partial charge in [-0.2, -0.15) is 5.10 Å². The zero-order valence-electron chi connectivity index (χ0n) is 19.5. The van der Waals surface area contributed by atoms with Crippen molar-refractivity contribution >= 4 is 17.3 Å². The number of anilines is 2. The van der Waals surface area contributed by atoms with Gasteiger partial charge in [-0.1, -0.05) is 13.8 Å². The average Bonchev–Trinajstić information content (AvgIpc) is 2.94. The van der Waals surface area contributed by atoms with Crippen molar-refractivity contribution in [2.45, 2.75) is 54.0 Å². The van der Waals surface area contributed by atoms with E-state index in [2.05, 4.69) is 71.8 Å². The summed E-state index contributed by atoms with van der Waals surface area (Å²) in [4.78, 5) is 17.4. The van der Waals surface area contributed by atoms with Crippen molar-refractivity contribution < 1.29 is 4.79 Å². The lowest BCUT2D eigenvalue weighted by Gasteiger charge is -2.34. The van der Waals surface area contributed by atoms with Crippen molar-refractivity contribution in [3.63, 3.8) is 0 Å². The molecule has 0 aliphatic carbocycles. The van der Waals surface area contributed by atoms with Gasteiger partial charge in [0.15, 0.2) is 0 Å². The Morgan fingerprint density at radius 3 is 2.47 bits per heavy atom. The standard InChI is InChI=1S/C24H37N5O/c1-17(2)16-29-20(5)22(19(4)26-29)8-10-24(30)25-23-9-7-21(15-18(23)3)28-13-11-27(6)12-14-28/h7,9,15,17H,8,10-14,16H2,1-6H3,(H,25,30). The number of carbonyl (C=O) groups excluding carboxylic acids is 1. The van der Waals surface area contributed by atoms with Gasteiger partial charge in [-0.3, -0.25) is 9.48 Å². The van der Waals surface area contributed by atoms with Crippen LogP contribution >= 0.6 is 0 Å². The third-order valence-corrected chi connectivity index (χ3v) is 6.02. The Morgan fingerprint density at radius 1 is 1.13 bits per heavy atom. The highest BCUT2D eigenvalue weighted by molar-refractivity contribution is 5.92. The van der Waals surface area contributed by atoms with Crippen molar-refractivity contribution in [1.29, 1.82) is 0 Å². The average molecular weight is 412 g/mol. The van der Waals surface area contributed by atoms with E-state index in [9.17, 15) is 4.79 Å². The monoisotopic (exact) mass is 411 g/mol. The summed E-state index contributed by atoms with van der Waals surface area (Å²) in [6.45, 7) is 15.8. The number of aromatic nitrogens is 2. The fourth-order valence-electron chi connectivity index (χ4n) is 4.12. The Balaban J connectivity index is 1.58. The van der Waals surface area contributed by atoms with Gasteiger partial charge in [-0.15, -0.1) is 0 Å². The summed E-state index contributed by atoms with van der Waals surface area (Å²) >= 11 is 0. The van der Waals surface area contributed by atoms with Crippen LogP contribution in [0.4, 0.5) is 11.4 Å². The lowest BCUT2D eigenvalue weighted by atomic mass is 10.1. The van der Waals surface area contributed by atoms with Gasteiger partial charge >= 0.3 is 0 Å². The Morgan fingerprint density at radius 2 is 1.83 bits per heavy atom. The molecule has 0 saturated carbocycles. The van der Waals surface area contributed by atoms with Gasteiger partial charge in [-0.05, 0) is 69.5 Å². The highest BCUT2D eigenvalue weighted by Gasteiger charge is 2.16. The van der Waals surface area contributed by atoms with E-state index >= 15 is 0 Å². The number of nitrogens with one attached hydrogen (secondary N) is 1. The largest absolute Gasteiger partial charge is 0.369 e. The second-order valence-corrected chi connectivity index (χ2v) is 9.06. The van der Waals surface area contributed by atoms with E-state index in [1.807, 2.05) is 13.0 Å². The normalized spacial score (nSPS) is 15.1. The number of piperazine rings is 1. The maximum absolute atomic E-state index is 12.6. The molecule has 0 bridgehead atoms. The van der Waals surface area contributed by atoms with Crippen LogP contribution < -0.4 is 10.2 Å². The first kappa shape index (κ1) is 22.3. The number of rotatable bonds is 7. The van der Waals surface area contributed by atoms with E-state index in [4.69, 9.17) is 0 Å². The van der Waals surface area contributed by atoms with Crippen LogP contribution in [0.2, 0.25) is 0 Å². The van der Waals surface area contributed by atoms with Gasteiger partial charge in [0.2, 0.25) is 5.91 Å². The van der Waals surface area contributed by atoms with Gasteiger partial charge < -0.3 is 15.1 Å². The molecule has 1 N–H and O–H groups in total. The van der Waals surface area contributed by atoms with Gasteiger partial charge in [0.05, 0.1) is 5.69 Å². The molecule has 1 saturated heterocycles. The van der Waals surface area contributed by atoms with Crippen molar-refractivity contribution in [2.24, 2.45) is 5.92 Å². The number of hydrogen-bond acceptors (Lipinski definition) is 4. The number of amides is 1. The molecule has 164 valence electrons. The van der Waals surface area contributed by atoms with Crippen LogP contribution in [0.25, 0.3) is 0 Å². The zero-order chi connectivity index (χ0) is 21.8. The number of hydrogen-bond donors (Lipinski definition) is 1. The van der Waals surface area contributed by atoms with Gasteiger partial charge in [0.1, 0.15) is 0 Å². The predicted octanol–water partition coefficient (Wildman–Crippen LogP) is 3.79. The second-order valence-electron chi connectivity index (χ2n) is 9.06. The lowest BCUT2D eigenvalue weighted by Crippen LogP contribution is -2.44. The predicted molar refractivity (Wildman–Crippen MR) is 124 cm³/mol. The molecule has 6 nitrogen and oxygen atoms in total. The topological polar surface area (TPSA) is 53.4 Å². The van der Waals surface area contributed by atoms with Crippen LogP contribution in [0.3, 0.4) is 0 Å². The molecular formula is C24H37N5O. The van der Waals surface area contributed by atoms with E-state index in [0.29, 0.717) is 12.3 Å². The molecule has 1 aliphatic rings. The molecule has 0 radical (unpaired) electrons. The molecule has 1 amide bonds. The number of nitrogens with zero attached hydrogens (tertiary/aromatic N) is 4. The molecular weight excluding hydrogens is 374 g/mol. The molecule has 2 aromatic rings. The third kappa shape index (κ3) is 5.42. The molecule has 1 aromatic carbocycles. The fraction of sp³-hybridized carbons (Fsp3) is 0.583. The zero-order valence-corrected chi connectivity index (χ0v) is 19.5. The number of benzene rings is 1. The third-order valence-electron chi connectivity index (χ3n) is 6.02. The molecule has 0 spiro atoms. The first-order chi connectivity index (χ1) is 14.2. The first-order valence-corrected chi connectivity index (χ1v) is 11.1. The van der Waals surface area contributed by atoms with Crippen LogP contribution in [-0.4, -0.2) is 53.8 Å². The summed E-state index contributed by atoms with van der Waals surface area (Å²) in [5.74, 6) is 0.608. The minimum absolute atomic E-state index is 0.0563. The summed E-state index contributed by atoms with van der Waals surface area (Å²) in [6, 6.07) is 6.35. The maximum atomic E-state index is 12.6. The summed E-state index contributed by atoms with van der Waals surface area (Å²) in [5.41, 5.74) is 6.67. The SMILES string of the molecule is Cc1cc(N2CCN(C)CC2)ccc1NC(=O)CCc1c(C)nn(CC(C)C)c1C. The minimum Gasteiger partial charge on any atom is -0.369 e. The van der Waals surface area contributed by atoms with Crippen LogP contribution in [0.5, 0.6) is 0 Å². The Hall–Kier alpha value is -2.34. The molecule has 6 heteroatoms. The molecule has 1 aliphatic heterocycles. The molecule has 0 unspecified atom stereocenters. The van der Waals surface area contributed by atoms with Gasteiger partial charge in [-0.25, -0.2) is 0 Å². The molecule has 1 fully saturated rings. The molecule has 2 heterocycles. The molecule has 1 aromatic heterocycles. The van der Waals surface area contributed by atoms with Crippen molar-refractivity contribution in [3.05, 3.63) is 40.7 Å². The summed E-state index contributed by atoms with van der Waals surface area (Å²) in [6.07, 6.45) is 1.19. The van der Waals surface area contributed by atoms with E-state index < -0.39 is 0 Å². The smallest absolute Gasteiger partial charge is 0.224 e. The number of carbonyl (C=O) groups is 1. The number of likely N-dealkylation sites (N-methyl/N-ethyl adjacent to an activating group) is 1. The van der Waals surface area contributed by atoms with Crippen LogP contribution in [-0.2, 0) is 17.8 Å². The maximum Gasteiger partial charge on any atom is 0.224 e. The van der Waals surface area contributed by atoms with E-state index in [0.717, 1.165) is 56.1 Å².